The average molecular weight is 283 g/mol. The Hall–Kier alpha value is -1.51. The predicted octanol–water partition coefficient (Wildman–Crippen LogP) is -0.543. The minimum absolute atomic E-state index is 0.00824. The quantitative estimate of drug-likeness (QED) is 0.393. The van der Waals surface area contributed by atoms with Gasteiger partial charge in [-0.25, -0.2) is 10.8 Å². The van der Waals surface area contributed by atoms with E-state index in [-0.39, 0.29) is 5.91 Å². The Bertz CT molecular complexity index is 499. The van der Waals surface area contributed by atoms with E-state index < -0.39 is 11.4 Å². The van der Waals surface area contributed by atoms with E-state index in [0.717, 1.165) is 12.2 Å². The van der Waals surface area contributed by atoms with E-state index in [2.05, 4.69) is 15.7 Å². The minimum Gasteiger partial charge on any atom is -0.353 e. The number of nitrogens with zero attached hydrogens (tertiary/aromatic N) is 2. The number of nitrogens with two attached hydrogens (primary N) is 1. The lowest BCUT2D eigenvalue weighted by molar-refractivity contribution is -0.135. The SMILES string of the molecule is CC1(C)C(=O)NCCN1Cc1csc(C(=O)NN)n1. The lowest BCUT2D eigenvalue weighted by atomic mass is 9.99. The predicted molar refractivity (Wildman–Crippen MR) is 71.3 cm³/mol. The van der Waals surface area contributed by atoms with Gasteiger partial charge >= 0.3 is 0 Å². The molecule has 2 amide bonds. The van der Waals surface area contributed by atoms with Gasteiger partial charge in [0, 0.05) is 25.0 Å². The van der Waals surface area contributed by atoms with Crippen LogP contribution in [0.15, 0.2) is 5.38 Å². The van der Waals surface area contributed by atoms with Crippen molar-refractivity contribution in [3.63, 3.8) is 0 Å². The summed E-state index contributed by atoms with van der Waals surface area (Å²) in [5, 5.41) is 4.98. The third-order valence-electron chi connectivity index (χ3n) is 3.24. The number of hydrogen-bond donors (Lipinski definition) is 3. The molecular weight excluding hydrogens is 266 g/mol. The largest absolute Gasteiger partial charge is 0.353 e. The standard InChI is InChI=1S/C11H17N5O2S/c1-11(2)10(18)13-3-4-16(11)5-7-6-19-9(14-7)8(17)15-12/h6H,3-5,12H2,1-2H3,(H,13,18)(H,15,17). The van der Waals surface area contributed by atoms with E-state index in [9.17, 15) is 9.59 Å². The van der Waals surface area contributed by atoms with Crippen molar-refractivity contribution in [1.82, 2.24) is 20.6 Å². The van der Waals surface area contributed by atoms with Crippen molar-refractivity contribution in [2.45, 2.75) is 25.9 Å². The number of nitrogens with one attached hydrogen (secondary N) is 2. The third kappa shape index (κ3) is 2.75. The molecule has 0 saturated carbocycles. The molecule has 0 radical (unpaired) electrons. The molecule has 0 aliphatic carbocycles. The fraction of sp³-hybridized carbons (Fsp3) is 0.545. The van der Waals surface area contributed by atoms with Crippen LogP contribution < -0.4 is 16.6 Å². The van der Waals surface area contributed by atoms with E-state index in [1.165, 1.54) is 11.3 Å². The number of thiazole rings is 1. The van der Waals surface area contributed by atoms with Crippen molar-refractivity contribution in [2.24, 2.45) is 5.84 Å². The molecular formula is C11H17N5O2S. The molecule has 0 bridgehead atoms. The summed E-state index contributed by atoms with van der Waals surface area (Å²) in [7, 11) is 0. The van der Waals surface area contributed by atoms with Crippen molar-refractivity contribution in [3.05, 3.63) is 16.1 Å². The Labute approximate surface area is 115 Å². The van der Waals surface area contributed by atoms with Gasteiger partial charge in [0.2, 0.25) is 5.91 Å². The Kier molecular flexibility index (Phi) is 3.83. The molecule has 2 rings (SSSR count). The van der Waals surface area contributed by atoms with Crippen LogP contribution in [0.5, 0.6) is 0 Å². The summed E-state index contributed by atoms with van der Waals surface area (Å²) in [5.74, 6) is 4.67. The molecule has 1 aliphatic heterocycles. The van der Waals surface area contributed by atoms with E-state index in [0.29, 0.717) is 18.1 Å². The fourth-order valence-corrected chi connectivity index (χ4v) is 2.67. The Morgan fingerprint density at radius 3 is 3.11 bits per heavy atom. The molecule has 2 heterocycles. The van der Waals surface area contributed by atoms with Gasteiger partial charge in [0.1, 0.15) is 0 Å². The molecule has 8 heteroatoms. The summed E-state index contributed by atoms with van der Waals surface area (Å²) in [5.41, 5.74) is 2.25. The molecule has 1 aromatic heterocycles. The van der Waals surface area contributed by atoms with E-state index >= 15 is 0 Å². The second kappa shape index (κ2) is 5.24. The summed E-state index contributed by atoms with van der Waals surface area (Å²) in [6.07, 6.45) is 0. The first-order valence-corrected chi connectivity index (χ1v) is 6.82. The summed E-state index contributed by atoms with van der Waals surface area (Å²) in [6.45, 7) is 5.68. The van der Waals surface area contributed by atoms with Crippen molar-refractivity contribution < 1.29 is 9.59 Å². The first kappa shape index (κ1) is 13.9. The molecule has 1 fully saturated rings. The van der Waals surface area contributed by atoms with Crippen LogP contribution in [-0.4, -0.2) is 40.3 Å². The summed E-state index contributed by atoms with van der Waals surface area (Å²) in [6, 6.07) is 0. The highest BCUT2D eigenvalue weighted by Crippen LogP contribution is 2.21. The van der Waals surface area contributed by atoms with Crippen LogP contribution in [0.2, 0.25) is 0 Å². The van der Waals surface area contributed by atoms with E-state index in [1.54, 1.807) is 0 Å². The molecule has 1 saturated heterocycles. The van der Waals surface area contributed by atoms with Gasteiger partial charge < -0.3 is 5.32 Å². The highest BCUT2D eigenvalue weighted by molar-refractivity contribution is 7.11. The summed E-state index contributed by atoms with van der Waals surface area (Å²) in [4.78, 5) is 29.4. The normalized spacial score (nSPS) is 19.0. The number of hydrazine groups is 1. The van der Waals surface area contributed by atoms with Crippen LogP contribution >= 0.6 is 11.3 Å². The van der Waals surface area contributed by atoms with Gasteiger partial charge in [0.05, 0.1) is 11.2 Å². The molecule has 19 heavy (non-hydrogen) atoms. The highest BCUT2D eigenvalue weighted by atomic mass is 32.1. The molecule has 1 aromatic rings. The van der Waals surface area contributed by atoms with Gasteiger partial charge in [0.15, 0.2) is 5.01 Å². The molecule has 0 unspecified atom stereocenters. The van der Waals surface area contributed by atoms with Crippen LogP contribution in [0.25, 0.3) is 0 Å². The zero-order valence-corrected chi connectivity index (χ0v) is 11.7. The van der Waals surface area contributed by atoms with Crippen LogP contribution in [0.4, 0.5) is 0 Å². The van der Waals surface area contributed by atoms with Crippen molar-refractivity contribution in [3.8, 4) is 0 Å². The van der Waals surface area contributed by atoms with Crippen LogP contribution in [0.3, 0.4) is 0 Å². The van der Waals surface area contributed by atoms with Gasteiger partial charge in [-0.1, -0.05) is 0 Å². The molecule has 4 N–H and O–H groups in total. The highest BCUT2D eigenvalue weighted by Gasteiger charge is 2.37. The average Bonchev–Trinajstić information content (AvgIpc) is 2.83. The van der Waals surface area contributed by atoms with Gasteiger partial charge in [-0.15, -0.1) is 11.3 Å². The number of aromatic nitrogens is 1. The Morgan fingerprint density at radius 1 is 1.68 bits per heavy atom. The van der Waals surface area contributed by atoms with Crippen LogP contribution in [0.1, 0.15) is 29.3 Å². The molecule has 104 valence electrons. The lowest BCUT2D eigenvalue weighted by Gasteiger charge is -2.40. The van der Waals surface area contributed by atoms with Crippen molar-refractivity contribution >= 4 is 23.2 Å². The molecule has 7 nitrogen and oxygen atoms in total. The molecule has 0 aromatic carbocycles. The maximum atomic E-state index is 11.8. The third-order valence-corrected chi connectivity index (χ3v) is 4.13. The number of hydrogen-bond acceptors (Lipinski definition) is 6. The number of carbonyl (C=O) groups excluding carboxylic acids is 2. The second-order valence-electron chi connectivity index (χ2n) is 4.85. The topological polar surface area (TPSA) is 100 Å². The smallest absolute Gasteiger partial charge is 0.294 e. The van der Waals surface area contributed by atoms with Gasteiger partial charge in [-0.3, -0.25) is 19.9 Å². The molecule has 0 atom stereocenters. The van der Waals surface area contributed by atoms with Crippen LogP contribution in [-0.2, 0) is 11.3 Å². The van der Waals surface area contributed by atoms with Crippen molar-refractivity contribution in [1.29, 1.82) is 0 Å². The Morgan fingerprint density at radius 2 is 2.42 bits per heavy atom. The van der Waals surface area contributed by atoms with E-state index in [4.69, 9.17) is 5.84 Å². The minimum atomic E-state index is -0.571. The monoisotopic (exact) mass is 283 g/mol. The van der Waals surface area contributed by atoms with Gasteiger partial charge in [-0.2, -0.15) is 0 Å². The maximum Gasteiger partial charge on any atom is 0.294 e. The first-order valence-electron chi connectivity index (χ1n) is 5.94. The zero-order valence-electron chi connectivity index (χ0n) is 10.9. The number of amides is 2. The summed E-state index contributed by atoms with van der Waals surface area (Å²) < 4.78 is 0. The second-order valence-corrected chi connectivity index (χ2v) is 5.71. The van der Waals surface area contributed by atoms with E-state index in [1.807, 2.05) is 24.1 Å². The number of rotatable bonds is 3. The fourth-order valence-electron chi connectivity index (χ4n) is 1.96. The maximum absolute atomic E-state index is 11.8. The van der Waals surface area contributed by atoms with Gasteiger partial charge in [-0.05, 0) is 13.8 Å². The van der Waals surface area contributed by atoms with Crippen LogP contribution in [0, 0.1) is 0 Å². The molecule has 1 aliphatic rings. The number of nitrogen functional groups attached to an aromatic ring is 1. The first-order chi connectivity index (χ1) is 8.95. The van der Waals surface area contributed by atoms with Gasteiger partial charge in [0.25, 0.3) is 5.91 Å². The molecule has 0 spiro atoms. The zero-order chi connectivity index (χ0) is 14.0. The number of piperazine rings is 1. The Balaban J connectivity index is 2.10. The summed E-state index contributed by atoms with van der Waals surface area (Å²) >= 11 is 1.24. The van der Waals surface area contributed by atoms with Crippen molar-refractivity contribution in [2.75, 3.05) is 13.1 Å². The lowest BCUT2D eigenvalue weighted by Crippen LogP contribution is -2.61. The number of carbonyl (C=O) groups is 2.